The van der Waals surface area contributed by atoms with Crippen molar-refractivity contribution in [1.29, 1.82) is 0 Å². The first-order valence-corrected chi connectivity index (χ1v) is 3.34. The third-order valence-electron chi connectivity index (χ3n) is 1.31. The van der Waals surface area contributed by atoms with Crippen LogP contribution in [0.3, 0.4) is 0 Å². The highest BCUT2D eigenvalue weighted by molar-refractivity contribution is 5.22. The lowest BCUT2D eigenvalue weighted by molar-refractivity contribution is 0.296. The Balaban J connectivity index is 4.27. The van der Waals surface area contributed by atoms with Crippen molar-refractivity contribution in [3.8, 4) is 0 Å². The predicted octanol–water partition coefficient (Wildman–Crippen LogP) is 1.66. The van der Waals surface area contributed by atoms with Crippen molar-refractivity contribution in [3.05, 3.63) is 23.6 Å². The van der Waals surface area contributed by atoms with E-state index in [1.54, 1.807) is 7.11 Å². The number of hydrogen-bond donors (Lipinski definition) is 1. The van der Waals surface area contributed by atoms with Crippen LogP contribution >= 0.6 is 0 Å². The average molecular weight is 141 g/mol. The monoisotopic (exact) mass is 141 g/mol. The fourth-order valence-corrected chi connectivity index (χ4v) is 0.793. The molecule has 0 aliphatic heterocycles. The van der Waals surface area contributed by atoms with Gasteiger partial charge in [-0.15, -0.1) is 0 Å². The van der Waals surface area contributed by atoms with Gasteiger partial charge in [0.2, 0.25) is 0 Å². The molecule has 0 aromatic heterocycles. The molecule has 0 aromatic rings. The fraction of sp³-hybridized carbons (Fsp3) is 0.500. The minimum atomic E-state index is 0.880. The van der Waals surface area contributed by atoms with Crippen LogP contribution in [-0.2, 0) is 4.74 Å². The molecule has 0 bridgehead atoms. The summed E-state index contributed by atoms with van der Waals surface area (Å²) in [5, 5.41) is 3.02. The van der Waals surface area contributed by atoms with Gasteiger partial charge in [-0.25, -0.2) is 0 Å². The molecule has 0 aliphatic rings. The van der Waals surface area contributed by atoms with E-state index in [0.29, 0.717) is 0 Å². The van der Waals surface area contributed by atoms with Crippen molar-refractivity contribution >= 4 is 0 Å². The fourth-order valence-electron chi connectivity index (χ4n) is 0.793. The lowest BCUT2D eigenvalue weighted by atomic mass is 10.3. The Bertz CT molecular complexity index is 129. The van der Waals surface area contributed by atoms with E-state index in [4.69, 9.17) is 4.74 Å². The molecule has 0 aliphatic carbocycles. The number of rotatable bonds is 3. The number of likely N-dealkylation sites (N-methyl/N-ethyl adjacent to an activating group) is 1. The molecule has 0 radical (unpaired) electrons. The molecule has 58 valence electrons. The number of nitrogens with one attached hydrogen (secondary N) is 1. The molecule has 0 spiro atoms. The highest BCUT2D eigenvalue weighted by Gasteiger charge is 1.97. The van der Waals surface area contributed by atoms with Crippen LogP contribution in [-0.4, -0.2) is 14.2 Å². The summed E-state index contributed by atoms with van der Waals surface area (Å²) in [6.07, 6.45) is 3.89. The molecule has 0 amide bonds. The van der Waals surface area contributed by atoms with Crippen LogP contribution in [0.5, 0.6) is 0 Å². The van der Waals surface area contributed by atoms with E-state index >= 15 is 0 Å². The van der Waals surface area contributed by atoms with Gasteiger partial charge in [0.25, 0.3) is 0 Å². The zero-order valence-corrected chi connectivity index (χ0v) is 7.06. The van der Waals surface area contributed by atoms with Crippen LogP contribution in [0.25, 0.3) is 0 Å². The van der Waals surface area contributed by atoms with Gasteiger partial charge < -0.3 is 10.1 Å². The maximum absolute atomic E-state index is 5.07. The number of methoxy groups -OCH3 is 1. The van der Waals surface area contributed by atoms with E-state index in [0.717, 1.165) is 11.5 Å². The van der Waals surface area contributed by atoms with Crippen LogP contribution < -0.4 is 5.32 Å². The van der Waals surface area contributed by atoms with E-state index in [9.17, 15) is 0 Å². The topological polar surface area (TPSA) is 21.3 Å². The zero-order chi connectivity index (χ0) is 7.98. The summed E-state index contributed by atoms with van der Waals surface area (Å²) in [5.41, 5.74) is 1.02. The number of allylic oxidation sites excluding steroid dienone is 2. The summed E-state index contributed by atoms with van der Waals surface area (Å²) in [6.45, 7) is 3.91. The summed E-state index contributed by atoms with van der Waals surface area (Å²) in [4.78, 5) is 0. The molecule has 0 fully saturated rings. The van der Waals surface area contributed by atoms with Crippen molar-refractivity contribution in [2.24, 2.45) is 0 Å². The Morgan fingerprint density at radius 1 is 1.30 bits per heavy atom. The molecule has 0 saturated heterocycles. The van der Waals surface area contributed by atoms with Crippen molar-refractivity contribution in [3.63, 3.8) is 0 Å². The van der Waals surface area contributed by atoms with Gasteiger partial charge in [0.1, 0.15) is 5.76 Å². The second kappa shape index (κ2) is 4.91. The summed E-state index contributed by atoms with van der Waals surface area (Å²) in [6, 6.07) is 0. The highest BCUT2D eigenvalue weighted by atomic mass is 16.5. The van der Waals surface area contributed by atoms with Crippen LogP contribution in [0.2, 0.25) is 0 Å². The molecule has 2 nitrogen and oxygen atoms in total. The van der Waals surface area contributed by atoms with E-state index in [2.05, 4.69) is 5.32 Å². The standard InChI is InChI=1S/C8H15NO/c1-5-7(9-3)8(6-2)10-4/h5-6,9H,1-4H3/b7-5+,8-6+. The van der Waals surface area contributed by atoms with Gasteiger partial charge in [-0.2, -0.15) is 0 Å². The van der Waals surface area contributed by atoms with Crippen LogP contribution in [0, 0.1) is 0 Å². The molecular weight excluding hydrogens is 126 g/mol. The van der Waals surface area contributed by atoms with Gasteiger partial charge >= 0.3 is 0 Å². The Morgan fingerprint density at radius 2 is 1.90 bits per heavy atom. The Kier molecular flexibility index (Phi) is 4.46. The Hall–Kier alpha value is -0.920. The molecule has 1 N–H and O–H groups in total. The number of ether oxygens (including phenoxy) is 1. The van der Waals surface area contributed by atoms with Crippen molar-refractivity contribution in [1.82, 2.24) is 5.32 Å². The smallest absolute Gasteiger partial charge is 0.137 e. The van der Waals surface area contributed by atoms with Gasteiger partial charge in [-0.1, -0.05) is 6.08 Å². The Morgan fingerprint density at radius 3 is 2.00 bits per heavy atom. The van der Waals surface area contributed by atoms with Gasteiger partial charge in [0.15, 0.2) is 0 Å². The van der Waals surface area contributed by atoms with Gasteiger partial charge in [-0.3, -0.25) is 0 Å². The average Bonchev–Trinajstić information content (AvgIpc) is 2.00. The first-order valence-electron chi connectivity index (χ1n) is 3.34. The number of hydrogen-bond acceptors (Lipinski definition) is 2. The van der Waals surface area contributed by atoms with Crippen LogP contribution in [0.15, 0.2) is 23.6 Å². The molecule has 0 rings (SSSR count). The second-order valence-corrected chi connectivity index (χ2v) is 1.81. The van der Waals surface area contributed by atoms with Crippen molar-refractivity contribution < 1.29 is 4.74 Å². The Labute approximate surface area is 62.6 Å². The predicted molar refractivity (Wildman–Crippen MR) is 43.6 cm³/mol. The van der Waals surface area contributed by atoms with Crippen molar-refractivity contribution in [2.45, 2.75) is 13.8 Å². The molecule has 0 unspecified atom stereocenters. The quantitative estimate of drug-likeness (QED) is 0.476. The van der Waals surface area contributed by atoms with Crippen LogP contribution in [0.4, 0.5) is 0 Å². The molecule has 0 atom stereocenters. The summed E-state index contributed by atoms with van der Waals surface area (Å²) < 4.78 is 5.07. The van der Waals surface area contributed by atoms with E-state index in [1.807, 2.05) is 33.0 Å². The van der Waals surface area contributed by atoms with Crippen LogP contribution in [0.1, 0.15) is 13.8 Å². The lowest BCUT2D eigenvalue weighted by Gasteiger charge is -2.08. The van der Waals surface area contributed by atoms with Crippen molar-refractivity contribution in [2.75, 3.05) is 14.2 Å². The highest BCUT2D eigenvalue weighted by Crippen LogP contribution is 2.05. The van der Waals surface area contributed by atoms with E-state index < -0.39 is 0 Å². The maximum atomic E-state index is 5.07. The first kappa shape index (κ1) is 9.08. The third kappa shape index (κ3) is 2.13. The second-order valence-electron chi connectivity index (χ2n) is 1.81. The molecule has 0 saturated carbocycles. The maximum Gasteiger partial charge on any atom is 0.137 e. The minimum Gasteiger partial charge on any atom is -0.495 e. The summed E-state index contributed by atoms with van der Waals surface area (Å²) in [5.74, 6) is 0.880. The van der Waals surface area contributed by atoms with Gasteiger partial charge in [0.05, 0.1) is 12.8 Å². The van der Waals surface area contributed by atoms with Gasteiger partial charge in [0, 0.05) is 7.05 Å². The largest absolute Gasteiger partial charge is 0.495 e. The summed E-state index contributed by atoms with van der Waals surface area (Å²) in [7, 11) is 3.54. The zero-order valence-electron chi connectivity index (χ0n) is 7.06. The molecular formula is C8H15NO. The summed E-state index contributed by atoms with van der Waals surface area (Å²) >= 11 is 0. The third-order valence-corrected chi connectivity index (χ3v) is 1.31. The molecule has 0 aromatic carbocycles. The lowest BCUT2D eigenvalue weighted by Crippen LogP contribution is -2.08. The minimum absolute atomic E-state index is 0.880. The normalized spacial score (nSPS) is 13.2. The van der Waals surface area contributed by atoms with Gasteiger partial charge in [-0.05, 0) is 19.9 Å². The van der Waals surface area contributed by atoms with E-state index in [-0.39, 0.29) is 0 Å². The molecule has 2 heteroatoms. The molecule has 10 heavy (non-hydrogen) atoms. The first-order chi connectivity index (χ1) is 4.79. The molecule has 0 heterocycles. The van der Waals surface area contributed by atoms with E-state index in [1.165, 1.54) is 0 Å². The SMILES string of the molecule is C/C=C(NC)\C(=C/C)OC.